The fourth-order valence-corrected chi connectivity index (χ4v) is 4.62. The van der Waals surface area contributed by atoms with Crippen LogP contribution in [-0.4, -0.2) is 44.3 Å². The Morgan fingerprint density at radius 1 is 1.09 bits per heavy atom. The summed E-state index contributed by atoms with van der Waals surface area (Å²) in [5.74, 6) is -0.855. The van der Waals surface area contributed by atoms with Gasteiger partial charge in [-0.25, -0.2) is 17.5 Å². The molecule has 1 heterocycles. The van der Waals surface area contributed by atoms with Gasteiger partial charge >= 0.3 is 0 Å². The number of hydrogen-bond donors (Lipinski definition) is 3. The Balaban J connectivity index is 1.57. The Bertz CT molecular complexity index is 1100. The molecule has 1 aliphatic heterocycles. The predicted octanol–water partition coefficient (Wildman–Crippen LogP) is 2.80. The van der Waals surface area contributed by atoms with E-state index in [1.54, 1.807) is 24.3 Å². The van der Waals surface area contributed by atoms with Crippen LogP contribution in [-0.2, 0) is 26.1 Å². The zero-order valence-corrected chi connectivity index (χ0v) is 19.0. The van der Waals surface area contributed by atoms with Crippen molar-refractivity contribution in [1.29, 1.82) is 0 Å². The van der Waals surface area contributed by atoms with Gasteiger partial charge < -0.3 is 15.2 Å². The van der Waals surface area contributed by atoms with Crippen LogP contribution < -0.4 is 10.0 Å². The summed E-state index contributed by atoms with van der Waals surface area (Å²) in [7, 11) is -3.96. The van der Waals surface area contributed by atoms with Gasteiger partial charge in [-0.3, -0.25) is 4.79 Å². The lowest BCUT2D eigenvalue weighted by Crippen LogP contribution is -2.49. The molecule has 0 aromatic heterocycles. The molecular weight excluding hydrogens is 482 g/mol. The third kappa shape index (κ3) is 6.50. The highest BCUT2D eigenvalue weighted by molar-refractivity contribution is 7.89. The quantitative estimate of drug-likeness (QED) is 0.481. The summed E-state index contributed by atoms with van der Waals surface area (Å²) in [5.41, 5.74) is 0.774. The number of benzene rings is 2. The van der Waals surface area contributed by atoms with Gasteiger partial charge in [0.1, 0.15) is 11.9 Å². The van der Waals surface area contributed by atoms with E-state index in [0.717, 1.165) is 29.8 Å². The zero-order chi connectivity index (χ0) is 23.3. The third-order valence-corrected chi connectivity index (χ3v) is 6.95. The number of carbonyl (C=O) groups is 1. The minimum atomic E-state index is -3.96. The molecule has 3 rings (SSSR count). The van der Waals surface area contributed by atoms with Crippen molar-refractivity contribution in [1.82, 2.24) is 10.0 Å². The van der Waals surface area contributed by atoms with E-state index in [-0.39, 0.29) is 23.8 Å². The Morgan fingerprint density at radius 3 is 2.47 bits per heavy atom. The van der Waals surface area contributed by atoms with E-state index in [1.807, 2.05) is 0 Å². The van der Waals surface area contributed by atoms with E-state index >= 15 is 0 Å². The highest BCUT2D eigenvalue weighted by Crippen LogP contribution is 2.23. The number of rotatable bonds is 8. The van der Waals surface area contributed by atoms with Crippen molar-refractivity contribution < 1.29 is 27.4 Å². The molecule has 172 valence electrons. The molecule has 0 unspecified atom stereocenters. The van der Waals surface area contributed by atoms with Crippen LogP contribution in [0, 0.1) is 5.82 Å². The molecule has 0 bridgehead atoms. The van der Waals surface area contributed by atoms with Crippen LogP contribution in [0.1, 0.15) is 12.0 Å². The summed E-state index contributed by atoms with van der Waals surface area (Å²) in [6.07, 6.45) is 1.52. The Labute approximate surface area is 195 Å². The molecule has 3 atom stereocenters. The van der Waals surface area contributed by atoms with Crippen LogP contribution in [0.5, 0.6) is 0 Å². The predicted molar refractivity (Wildman–Crippen MR) is 118 cm³/mol. The number of carbonyl (C=O) groups excluding carboxylic acids is 1. The van der Waals surface area contributed by atoms with Gasteiger partial charge in [0.2, 0.25) is 15.9 Å². The normalized spacial score (nSPS) is 20.8. The van der Waals surface area contributed by atoms with Gasteiger partial charge in [-0.05, 0) is 42.0 Å². The van der Waals surface area contributed by atoms with Crippen molar-refractivity contribution >= 4 is 39.1 Å². The maximum atomic E-state index is 13.1. The minimum absolute atomic E-state index is 0.0221. The SMILES string of the molecule is O=C(C[C@@H]1C=C[C@H](NS(=O)(=O)c2ccc(F)cc2)[C@@H](CO)O1)NCc1ccc(Cl)c(Cl)c1. The first-order valence-corrected chi connectivity index (χ1v) is 11.8. The first-order valence-electron chi connectivity index (χ1n) is 9.61. The van der Waals surface area contributed by atoms with Crippen LogP contribution in [0.3, 0.4) is 0 Å². The monoisotopic (exact) mass is 502 g/mol. The van der Waals surface area contributed by atoms with Crippen molar-refractivity contribution in [3.8, 4) is 0 Å². The molecular formula is C21H21Cl2FN2O5S. The molecule has 1 amide bonds. The second kappa shape index (κ2) is 10.7. The van der Waals surface area contributed by atoms with Gasteiger partial charge in [-0.2, -0.15) is 0 Å². The van der Waals surface area contributed by atoms with E-state index in [1.165, 1.54) is 6.08 Å². The first-order chi connectivity index (χ1) is 15.2. The average Bonchev–Trinajstić information content (AvgIpc) is 2.75. The van der Waals surface area contributed by atoms with Gasteiger partial charge in [-0.1, -0.05) is 41.4 Å². The number of aliphatic hydroxyl groups excluding tert-OH is 1. The van der Waals surface area contributed by atoms with E-state index in [2.05, 4.69) is 10.0 Å². The maximum Gasteiger partial charge on any atom is 0.241 e. The summed E-state index contributed by atoms with van der Waals surface area (Å²) in [6.45, 7) is -0.224. The fraction of sp³-hybridized carbons (Fsp3) is 0.286. The highest BCUT2D eigenvalue weighted by atomic mass is 35.5. The molecule has 7 nitrogen and oxygen atoms in total. The molecule has 3 N–H and O–H groups in total. The maximum absolute atomic E-state index is 13.1. The summed E-state index contributed by atoms with van der Waals surface area (Å²) in [6, 6.07) is 8.53. The Morgan fingerprint density at radius 2 is 1.81 bits per heavy atom. The summed E-state index contributed by atoms with van der Waals surface area (Å²) >= 11 is 11.8. The molecule has 0 spiro atoms. The molecule has 0 aliphatic carbocycles. The van der Waals surface area contributed by atoms with Crippen molar-refractivity contribution in [3.63, 3.8) is 0 Å². The topological polar surface area (TPSA) is 105 Å². The van der Waals surface area contributed by atoms with Crippen molar-refractivity contribution in [2.24, 2.45) is 0 Å². The van der Waals surface area contributed by atoms with Crippen molar-refractivity contribution in [3.05, 3.63) is 76.0 Å². The van der Waals surface area contributed by atoms with Gasteiger partial charge in [-0.15, -0.1) is 0 Å². The second-order valence-electron chi connectivity index (χ2n) is 7.11. The molecule has 2 aromatic rings. The van der Waals surface area contributed by atoms with Crippen molar-refractivity contribution in [2.75, 3.05) is 6.61 Å². The van der Waals surface area contributed by atoms with Crippen LogP contribution in [0.2, 0.25) is 10.0 Å². The second-order valence-corrected chi connectivity index (χ2v) is 9.64. The number of ether oxygens (including phenoxy) is 1. The molecule has 32 heavy (non-hydrogen) atoms. The smallest absolute Gasteiger partial charge is 0.241 e. The number of nitrogens with one attached hydrogen (secondary N) is 2. The van der Waals surface area contributed by atoms with Crippen molar-refractivity contribution in [2.45, 2.75) is 36.1 Å². The van der Waals surface area contributed by atoms with E-state index in [0.29, 0.717) is 10.0 Å². The zero-order valence-electron chi connectivity index (χ0n) is 16.7. The Hall–Kier alpha value is -2.01. The van der Waals surface area contributed by atoms with Gasteiger partial charge in [0.05, 0.1) is 40.1 Å². The van der Waals surface area contributed by atoms with E-state index < -0.39 is 40.7 Å². The lowest BCUT2D eigenvalue weighted by molar-refractivity contribution is -0.125. The Kier molecular flexibility index (Phi) is 8.26. The number of amides is 1. The van der Waals surface area contributed by atoms with Crippen LogP contribution in [0.25, 0.3) is 0 Å². The molecule has 2 aromatic carbocycles. The molecule has 0 radical (unpaired) electrons. The third-order valence-electron chi connectivity index (χ3n) is 4.74. The molecule has 11 heteroatoms. The standard InChI is InChI=1S/C21H21Cl2FN2O5S/c22-17-7-1-13(9-18(17)23)11-25-21(28)10-15-4-8-19(20(12-27)31-15)26-32(29,30)16-5-2-14(24)3-6-16/h1-9,15,19-20,26-27H,10-12H2,(H,25,28)/t15-,19-,20+/m0/s1. The number of sulfonamides is 1. The van der Waals surface area contributed by atoms with Crippen LogP contribution >= 0.6 is 23.2 Å². The lowest BCUT2D eigenvalue weighted by atomic mass is 10.1. The largest absolute Gasteiger partial charge is 0.394 e. The number of aliphatic hydroxyl groups is 1. The fourth-order valence-electron chi connectivity index (χ4n) is 3.08. The lowest BCUT2D eigenvalue weighted by Gasteiger charge is -2.31. The summed E-state index contributed by atoms with van der Waals surface area (Å²) < 4.78 is 46.2. The van der Waals surface area contributed by atoms with Gasteiger partial charge in [0.25, 0.3) is 0 Å². The molecule has 1 aliphatic rings. The van der Waals surface area contributed by atoms with Crippen LogP contribution in [0.4, 0.5) is 4.39 Å². The number of halogens is 3. The van der Waals surface area contributed by atoms with Gasteiger partial charge in [0, 0.05) is 6.54 Å². The van der Waals surface area contributed by atoms with E-state index in [4.69, 9.17) is 27.9 Å². The van der Waals surface area contributed by atoms with Crippen LogP contribution in [0.15, 0.2) is 59.5 Å². The van der Waals surface area contributed by atoms with Gasteiger partial charge in [0.15, 0.2) is 0 Å². The molecule has 0 saturated heterocycles. The minimum Gasteiger partial charge on any atom is -0.394 e. The summed E-state index contributed by atoms with van der Waals surface area (Å²) in [4.78, 5) is 12.1. The summed E-state index contributed by atoms with van der Waals surface area (Å²) in [5, 5.41) is 13.2. The first kappa shape index (κ1) is 24.6. The average molecular weight is 503 g/mol. The molecule has 0 fully saturated rings. The molecule has 0 saturated carbocycles. The highest BCUT2D eigenvalue weighted by Gasteiger charge is 2.31. The van der Waals surface area contributed by atoms with E-state index in [9.17, 15) is 22.7 Å². The number of hydrogen-bond acceptors (Lipinski definition) is 5.